The molecule has 0 saturated heterocycles. The molecular weight excluding hydrogens is 198 g/mol. The van der Waals surface area contributed by atoms with Crippen LogP contribution < -0.4 is 5.32 Å². The maximum absolute atomic E-state index is 9.56. The van der Waals surface area contributed by atoms with Gasteiger partial charge in [-0.15, -0.1) is 0 Å². The Morgan fingerprint density at radius 2 is 2.00 bits per heavy atom. The largest absolute Gasteiger partial charge is 0.394 e. The maximum atomic E-state index is 9.56. The lowest BCUT2D eigenvalue weighted by molar-refractivity contribution is 0.174. The van der Waals surface area contributed by atoms with E-state index in [9.17, 15) is 5.11 Å². The minimum absolute atomic E-state index is 0.141. The number of nitrogens with one attached hydrogen (secondary N) is 1. The molecule has 0 amide bonds. The molecule has 2 N–H and O–H groups in total. The number of benzene rings is 1. The second kappa shape index (κ2) is 4.98. The van der Waals surface area contributed by atoms with E-state index in [2.05, 4.69) is 24.4 Å². The van der Waals surface area contributed by atoms with Crippen molar-refractivity contribution in [2.24, 2.45) is 5.92 Å². The normalized spacial score (nSPS) is 19.4. The van der Waals surface area contributed by atoms with Crippen molar-refractivity contribution < 1.29 is 5.11 Å². The summed E-state index contributed by atoms with van der Waals surface area (Å²) in [5.41, 5.74) is 0.865. The SMILES string of the molecule is CC(CO)(NCCC1CC1)c1ccccc1. The molecule has 0 aliphatic heterocycles. The first-order chi connectivity index (χ1) is 7.74. The fourth-order valence-corrected chi connectivity index (χ4v) is 2.01. The zero-order valence-corrected chi connectivity index (χ0v) is 9.95. The molecule has 1 aromatic carbocycles. The molecule has 0 heterocycles. The van der Waals surface area contributed by atoms with Crippen LogP contribution in [0.4, 0.5) is 0 Å². The highest BCUT2D eigenvalue weighted by molar-refractivity contribution is 5.23. The van der Waals surface area contributed by atoms with Crippen LogP contribution in [0.2, 0.25) is 0 Å². The van der Waals surface area contributed by atoms with Gasteiger partial charge in [0.05, 0.1) is 12.1 Å². The van der Waals surface area contributed by atoms with Gasteiger partial charge in [0.2, 0.25) is 0 Å². The maximum Gasteiger partial charge on any atom is 0.0652 e. The van der Waals surface area contributed by atoms with E-state index in [-0.39, 0.29) is 12.1 Å². The van der Waals surface area contributed by atoms with Crippen LogP contribution in [0.5, 0.6) is 0 Å². The van der Waals surface area contributed by atoms with Crippen LogP contribution in [0.15, 0.2) is 30.3 Å². The molecule has 1 unspecified atom stereocenters. The van der Waals surface area contributed by atoms with E-state index in [0.717, 1.165) is 18.0 Å². The molecule has 0 aromatic heterocycles. The summed E-state index contributed by atoms with van der Waals surface area (Å²) in [6, 6.07) is 10.2. The van der Waals surface area contributed by atoms with Crippen molar-refractivity contribution >= 4 is 0 Å². The van der Waals surface area contributed by atoms with Crippen molar-refractivity contribution in [3.05, 3.63) is 35.9 Å². The Morgan fingerprint density at radius 1 is 1.31 bits per heavy atom. The number of hydrogen-bond donors (Lipinski definition) is 2. The minimum Gasteiger partial charge on any atom is -0.394 e. The highest BCUT2D eigenvalue weighted by Crippen LogP contribution is 2.32. The molecule has 1 aliphatic rings. The molecule has 0 bridgehead atoms. The Hall–Kier alpha value is -0.860. The van der Waals surface area contributed by atoms with E-state index in [4.69, 9.17) is 0 Å². The highest BCUT2D eigenvalue weighted by Gasteiger charge is 2.26. The van der Waals surface area contributed by atoms with Crippen molar-refractivity contribution in [1.29, 1.82) is 0 Å². The average molecular weight is 219 g/mol. The Kier molecular flexibility index (Phi) is 3.62. The van der Waals surface area contributed by atoms with Gasteiger partial charge in [0.1, 0.15) is 0 Å². The van der Waals surface area contributed by atoms with Gasteiger partial charge in [-0.2, -0.15) is 0 Å². The fraction of sp³-hybridized carbons (Fsp3) is 0.571. The van der Waals surface area contributed by atoms with Crippen LogP contribution in [0.3, 0.4) is 0 Å². The zero-order chi connectivity index (χ0) is 11.4. The molecule has 0 spiro atoms. The molecule has 0 radical (unpaired) electrons. The average Bonchev–Trinajstić information content (AvgIpc) is 3.14. The van der Waals surface area contributed by atoms with E-state index in [1.165, 1.54) is 19.3 Å². The molecule has 1 atom stereocenters. The minimum atomic E-state index is -0.295. The number of hydrogen-bond acceptors (Lipinski definition) is 2. The Morgan fingerprint density at radius 3 is 2.56 bits per heavy atom. The van der Waals surface area contributed by atoms with Crippen molar-refractivity contribution in [3.8, 4) is 0 Å². The Balaban J connectivity index is 1.94. The van der Waals surface area contributed by atoms with E-state index < -0.39 is 0 Å². The molecule has 2 heteroatoms. The van der Waals surface area contributed by atoms with Crippen LogP contribution in [0.25, 0.3) is 0 Å². The molecule has 2 nitrogen and oxygen atoms in total. The lowest BCUT2D eigenvalue weighted by Crippen LogP contribution is -2.43. The lowest BCUT2D eigenvalue weighted by atomic mass is 9.93. The van der Waals surface area contributed by atoms with Gasteiger partial charge in [-0.3, -0.25) is 0 Å². The summed E-state index contributed by atoms with van der Waals surface area (Å²) in [5, 5.41) is 13.0. The van der Waals surface area contributed by atoms with E-state index >= 15 is 0 Å². The smallest absolute Gasteiger partial charge is 0.0652 e. The molecule has 1 aromatic rings. The van der Waals surface area contributed by atoms with Gasteiger partial charge in [0.25, 0.3) is 0 Å². The van der Waals surface area contributed by atoms with Crippen LogP contribution >= 0.6 is 0 Å². The first kappa shape index (κ1) is 11.6. The van der Waals surface area contributed by atoms with E-state index in [0.29, 0.717) is 0 Å². The van der Waals surface area contributed by atoms with Gasteiger partial charge < -0.3 is 10.4 Å². The van der Waals surface area contributed by atoms with Crippen LogP contribution in [-0.4, -0.2) is 18.3 Å². The fourth-order valence-electron chi connectivity index (χ4n) is 2.01. The summed E-state index contributed by atoms with van der Waals surface area (Å²) in [6.07, 6.45) is 4.02. The third-order valence-electron chi connectivity index (χ3n) is 3.49. The van der Waals surface area contributed by atoms with Gasteiger partial charge >= 0.3 is 0 Å². The predicted octanol–water partition coefficient (Wildman–Crippen LogP) is 2.28. The number of aliphatic hydroxyl groups is 1. The first-order valence-corrected chi connectivity index (χ1v) is 6.16. The van der Waals surface area contributed by atoms with Gasteiger partial charge in [0.15, 0.2) is 0 Å². The number of aliphatic hydroxyl groups excluding tert-OH is 1. The topological polar surface area (TPSA) is 32.3 Å². The van der Waals surface area contributed by atoms with Crippen LogP contribution in [0.1, 0.15) is 31.7 Å². The third kappa shape index (κ3) is 2.83. The first-order valence-electron chi connectivity index (χ1n) is 6.16. The predicted molar refractivity (Wildman–Crippen MR) is 66.2 cm³/mol. The Labute approximate surface area is 97.7 Å². The second-order valence-electron chi connectivity index (χ2n) is 5.02. The molecule has 16 heavy (non-hydrogen) atoms. The van der Waals surface area contributed by atoms with E-state index in [1.54, 1.807) is 0 Å². The van der Waals surface area contributed by atoms with Crippen molar-refractivity contribution in [2.45, 2.75) is 31.7 Å². The van der Waals surface area contributed by atoms with Crippen LogP contribution in [-0.2, 0) is 5.54 Å². The van der Waals surface area contributed by atoms with Gasteiger partial charge in [0, 0.05) is 0 Å². The standard InChI is InChI=1S/C14H21NO/c1-14(11-16,13-5-3-2-4-6-13)15-10-9-12-7-8-12/h2-6,12,15-16H,7-11H2,1H3. The van der Waals surface area contributed by atoms with Crippen LogP contribution in [0, 0.1) is 5.92 Å². The third-order valence-corrected chi connectivity index (χ3v) is 3.49. The monoisotopic (exact) mass is 219 g/mol. The molecule has 1 saturated carbocycles. The van der Waals surface area contributed by atoms with Crippen molar-refractivity contribution in [2.75, 3.05) is 13.2 Å². The molecule has 2 rings (SSSR count). The summed E-state index contributed by atoms with van der Waals surface area (Å²) >= 11 is 0. The summed E-state index contributed by atoms with van der Waals surface area (Å²) in [5.74, 6) is 0.936. The van der Waals surface area contributed by atoms with Gasteiger partial charge in [-0.05, 0) is 31.4 Å². The second-order valence-corrected chi connectivity index (χ2v) is 5.02. The zero-order valence-electron chi connectivity index (χ0n) is 9.95. The van der Waals surface area contributed by atoms with Crippen molar-refractivity contribution in [3.63, 3.8) is 0 Å². The van der Waals surface area contributed by atoms with Gasteiger partial charge in [-0.25, -0.2) is 0 Å². The highest BCUT2D eigenvalue weighted by atomic mass is 16.3. The molecule has 88 valence electrons. The van der Waals surface area contributed by atoms with Gasteiger partial charge in [-0.1, -0.05) is 43.2 Å². The number of rotatable bonds is 6. The quantitative estimate of drug-likeness (QED) is 0.769. The van der Waals surface area contributed by atoms with E-state index in [1.807, 2.05) is 18.2 Å². The van der Waals surface area contributed by atoms with Crippen molar-refractivity contribution in [1.82, 2.24) is 5.32 Å². The summed E-state index contributed by atoms with van der Waals surface area (Å²) in [6.45, 7) is 3.20. The molecular formula is C14H21NO. The summed E-state index contributed by atoms with van der Waals surface area (Å²) < 4.78 is 0. The lowest BCUT2D eigenvalue weighted by Gasteiger charge is -2.29. The molecule has 1 fully saturated rings. The summed E-state index contributed by atoms with van der Waals surface area (Å²) in [7, 11) is 0. The summed E-state index contributed by atoms with van der Waals surface area (Å²) in [4.78, 5) is 0. The Bertz CT molecular complexity index is 321. The molecule has 1 aliphatic carbocycles.